The van der Waals surface area contributed by atoms with E-state index in [1.54, 1.807) is 0 Å². The number of hydrogen-bond donors (Lipinski definition) is 1. The molecular formula is C14H11BrClN3. The second-order valence-electron chi connectivity index (χ2n) is 4.40. The Balaban J connectivity index is 2.31. The van der Waals surface area contributed by atoms with E-state index < -0.39 is 0 Å². The summed E-state index contributed by atoms with van der Waals surface area (Å²) < 4.78 is 2.81. The molecule has 0 bridgehead atoms. The SMILES string of the molecule is Cc1ccc2nc(-c3cc(Cl)ccc3Br)c(N)n2c1. The van der Waals surface area contributed by atoms with Crippen molar-refractivity contribution in [1.82, 2.24) is 9.38 Å². The Morgan fingerprint density at radius 3 is 2.84 bits per heavy atom. The first kappa shape index (κ1) is 12.5. The lowest BCUT2D eigenvalue weighted by atomic mass is 10.1. The molecule has 0 fully saturated rings. The van der Waals surface area contributed by atoms with Crippen molar-refractivity contribution >= 4 is 39.0 Å². The first-order chi connectivity index (χ1) is 9.06. The van der Waals surface area contributed by atoms with Gasteiger partial charge in [-0.2, -0.15) is 0 Å². The molecule has 19 heavy (non-hydrogen) atoms. The van der Waals surface area contributed by atoms with Crippen LogP contribution >= 0.6 is 27.5 Å². The summed E-state index contributed by atoms with van der Waals surface area (Å²) in [5, 5.41) is 0.658. The van der Waals surface area contributed by atoms with E-state index in [9.17, 15) is 0 Å². The van der Waals surface area contributed by atoms with Crippen LogP contribution in [0.3, 0.4) is 0 Å². The smallest absolute Gasteiger partial charge is 0.139 e. The van der Waals surface area contributed by atoms with Gasteiger partial charge in [-0.3, -0.25) is 4.40 Å². The van der Waals surface area contributed by atoms with Gasteiger partial charge in [-0.05, 0) is 36.8 Å². The molecule has 0 saturated carbocycles. The number of imidazole rings is 1. The van der Waals surface area contributed by atoms with E-state index >= 15 is 0 Å². The van der Waals surface area contributed by atoms with Crippen LogP contribution < -0.4 is 5.73 Å². The van der Waals surface area contributed by atoms with Crippen LogP contribution in [0.5, 0.6) is 0 Å². The lowest BCUT2D eigenvalue weighted by Gasteiger charge is -2.03. The standard InChI is InChI=1S/C14H11BrClN3/c1-8-2-5-12-18-13(14(17)19(12)7-8)10-6-9(16)3-4-11(10)15/h2-7H,17H2,1H3. The van der Waals surface area contributed by atoms with Gasteiger partial charge in [0.25, 0.3) is 0 Å². The molecule has 2 N–H and O–H groups in total. The number of aryl methyl sites for hydroxylation is 1. The molecule has 96 valence electrons. The van der Waals surface area contributed by atoms with Crippen molar-refractivity contribution < 1.29 is 0 Å². The third kappa shape index (κ3) is 2.11. The van der Waals surface area contributed by atoms with E-state index in [1.807, 2.05) is 47.9 Å². The van der Waals surface area contributed by atoms with Crippen LogP contribution in [0.1, 0.15) is 5.56 Å². The van der Waals surface area contributed by atoms with Crippen LogP contribution in [0.2, 0.25) is 5.02 Å². The van der Waals surface area contributed by atoms with Gasteiger partial charge in [-0.15, -0.1) is 0 Å². The first-order valence-electron chi connectivity index (χ1n) is 5.76. The Bertz CT molecular complexity index is 780. The van der Waals surface area contributed by atoms with E-state index in [1.165, 1.54) is 0 Å². The summed E-state index contributed by atoms with van der Waals surface area (Å²) in [5.41, 5.74) is 9.78. The van der Waals surface area contributed by atoms with Crippen LogP contribution in [-0.4, -0.2) is 9.38 Å². The van der Waals surface area contributed by atoms with Crippen molar-refractivity contribution in [3.63, 3.8) is 0 Å². The van der Waals surface area contributed by atoms with E-state index in [0.717, 1.165) is 26.9 Å². The van der Waals surface area contributed by atoms with E-state index in [4.69, 9.17) is 17.3 Å². The van der Waals surface area contributed by atoms with Gasteiger partial charge in [-0.25, -0.2) is 4.98 Å². The average molecular weight is 337 g/mol. The Kier molecular flexibility index (Phi) is 2.99. The topological polar surface area (TPSA) is 43.3 Å². The molecule has 0 spiro atoms. The number of rotatable bonds is 1. The van der Waals surface area contributed by atoms with Crippen molar-refractivity contribution in [2.45, 2.75) is 6.92 Å². The normalized spacial score (nSPS) is 11.1. The predicted octanol–water partition coefficient (Wildman–Crippen LogP) is 4.31. The first-order valence-corrected chi connectivity index (χ1v) is 6.93. The van der Waals surface area contributed by atoms with Crippen LogP contribution in [0.25, 0.3) is 16.9 Å². The lowest BCUT2D eigenvalue weighted by molar-refractivity contribution is 1.16. The van der Waals surface area contributed by atoms with Crippen LogP contribution in [0.15, 0.2) is 41.0 Å². The molecular weight excluding hydrogens is 326 g/mol. The van der Waals surface area contributed by atoms with Gasteiger partial charge in [0.15, 0.2) is 0 Å². The molecule has 0 aliphatic carbocycles. The fourth-order valence-electron chi connectivity index (χ4n) is 2.05. The average Bonchev–Trinajstić information content (AvgIpc) is 2.70. The Labute approximate surface area is 124 Å². The number of nitrogens with two attached hydrogens (primary N) is 1. The Morgan fingerprint density at radius 1 is 1.26 bits per heavy atom. The number of anilines is 1. The molecule has 0 radical (unpaired) electrons. The number of benzene rings is 1. The number of nitrogen functional groups attached to an aromatic ring is 1. The number of halogens is 2. The zero-order chi connectivity index (χ0) is 13.6. The van der Waals surface area contributed by atoms with Crippen molar-refractivity contribution in [2.75, 3.05) is 5.73 Å². The molecule has 0 amide bonds. The van der Waals surface area contributed by atoms with E-state index in [2.05, 4.69) is 20.9 Å². The second kappa shape index (κ2) is 4.54. The molecule has 2 aromatic heterocycles. The van der Waals surface area contributed by atoms with Gasteiger partial charge in [0, 0.05) is 21.3 Å². The molecule has 2 heterocycles. The van der Waals surface area contributed by atoms with E-state index in [-0.39, 0.29) is 0 Å². The maximum Gasteiger partial charge on any atom is 0.139 e. The number of hydrogen-bond acceptors (Lipinski definition) is 2. The lowest BCUT2D eigenvalue weighted by Crippen LogP contribution is -1.94. The van der Waals surface area contributed by atoms with Crippen molar-refractivity contribution in [1.29, 1.82) is 0 Å². The van der Waals surface area contributed by atoms with Crippen molar-refractivity contribution in [3.8, 4) is 11.3 Å². The largest absolute Gasteiger partial charge is 0.383 e. The number of aromatic nitrogens is 2. The zero-order valence-corrected chi connectivity index (χ0v) is 12.5. The third-order valence-corrected chi connectivity index (χ3v) is 3.91. The van der Waals surface area contributed by atoms with Gasteiger partial charge < -0.3 is 5.73 Å². The zero-order valence-electron chi connectivity index (χ0n) is 10.2. The van der Waals surface area contributed by atoms with Crippen molar-refractivity contribution in [2.24, 2.45) is 0 Å². The molecule has 0 saturated heterocycles. The van der Waals surface area contributed by atoms with Crippen LogP contribution in [0, 0.1) is 6.92 Å². The third-order valence-electron chi connectivity index (χ3n) is 2.99. The highest BCUT2D eigenvalue weighted by Gasteiger charge is 2.14. The number of nitrogens with zero attached hydrogens (tertiary/aromatic N) is 2. The minimum absolute atomic E-state index is 0.613. The highest BCUT2D eigenvalue weighted by atomic mass is 79.9. The van der Waals surface area contributed by atoms with Gasteiger partial charge in [0.05, 0.1) is 0 Å². The minimum Gasteiger partial charge on any atom is -0.383 e. The summed E-state index contributed by atoms with van der Waals surface area (Å²) in [7, 11) is 0. The quantitative estimate of drug-likeness (QED) is 0.719. The fraction of sp³-hybridized carbons (Fsp3) is 0.0714. The fourth-order valence-corrected chi connectivity index (χ4v) is 2.65. The van der Waals surface area contributed by atoms with Gasteiger partial charge >= 0.3 is 0 Å². The molecule has 5 heteroatoms. The minimum atomic E-state index is 0.613. The van der Waals surface area contributed by atoms with E-state index in [0.29, 0.717) is 10.8 Å². The number of pyridine rings is 1. The summed E-state index contributed by atoms with van der Waals surface area (Å²) in [6, 6.07) is 9.54. The Hall–Kier alpha value is -1.52. The molecule has 0 unspecified atom stereocenters. The van der Waals surface area contributed by atoms with Crippen molar-refractivity contribution in [3.05, 3.63) is 51.6 Å². The summed E-state index contributed by atoms with van der Waals surface area (Å²) >= 11 is 9.56. The summed E-state index contributed by atoms with van der Waals surface area (Å²) in [6.45, 7) is 2.02. The molecule has 1 aromatic carbocycles. The Morgan fingerprint density at radius 2 is 2.05 bits per heavy atom. The molecule has 0 aliphatic heterocycles. The maximum atomic E-state index is 6.20. The predicted molar refractivity (Wildman–Crippen MR) is 82.5 cm³/mol. The second-order valence-corrected chi connectivity index (χ2v) is 5.70. The highest BCUT2D eigenvalue weighted by Crippen LogP contribution is 2.34. The van der Waals surface area contributed by atoms with Gasteiger partial charge in [0.1, 0.15) is 17.2 Å². The summed E-state index contributed by atoms with van der Waals surface area (Å²) in [6.07, 6.45) is 1.97. The summed E-state index contributed by atoms with van der Waals surface area (Å²) in [4.78, 5) is 4.57. The number of fused-ring (bicyclic) bond motifs is 1. The monoisotopic (exact) mass is 335 g/mol. The maximum absolute atomic E-state index is 6.20. The molecule has 0 aliphatic rings. The molecule has 0 atom stereocenters. The van der Waals surface area contributed by atoms with Gasteiger partial charge in [0.2, 0.25) is 0 Å². The van der Waals surface area contributed by atoms with Gasteiger partial charge in [-0.1, -0.05) is 33.6 Å². The van der Waals surface area contributed by atoms with Crippen LogP contribution in [0.4, 0.5) is 5.82 Å². The summed E-state index contributed by atoms with van der Waals surface area (Å²) in [5.74, 6) is 0.613. The molecule has 3 rings (SSSR count). The van der Waals surface area contributed by atoms with Crippen LogP contribution in [-0.2, 0) is 0 Å². The highest BCUT2D eigenvalue weighted by molar-refractivity contribution is 9.10. The molecule has 3 aromatic rings. The molecule has 3 nitrogen and oxygen atoms in total.